The highest BCUT2D eigenvalue weighted by Gasteiger charge is 1.89. The number of nitrogens with zero attached hydrogens (tertiary/aromatic N) is 1. The second kappa shape index (κ2) is 5.16. The lowest BCUT2D eigenvalue weighted by Gasteiger charge is -1.92. The van der Waals surface area contributed by atoms with Crippen LogP contribution in [-0.2, 0) is 4.79 Å². The summed E-state index contributed by atoms with van der Waals surface area (Å²) in [5, 5.41) is 8.30. The molecule has 4 nitrogen and oxygen atoms in total. The Morgan fingerprint density at radius 1 is 1.54 bits per heavy atom. The van der Waals surface area contributed by atoms with Crippen molar-refractivity contribution in [2.45, 2.75) is 0 Å². The predicted molar refractivity (Wildman–Crippen MR) is 52.6 cm³/mol. The molecule has 0 saturated carbocycles. The Morgan fingerprint density at radius 3 is 2.69 bits per heavy atom. The molecule has 0 aliphatic heterocycles. The van der Waals surface area contributed by atoms with E-state index in [0.29, 0.717) is 11.4 Å². The van der Waals surface area contributed by atoms with Gasteiger partial charge in [0.2, 0.25) is 0 Å². The first-order valence-corrected chi connectivity index (χ1v) is 3.31. The SMILES string of the molecule is Cl.Nc1ccc(/C=C/C(=O)O)cn1. The van der Waals surface area contributed by atoms with Crippen LogP contribution < -0.4 is 5.73 Å². The Bertz CT molecular complexity index is 308. The van der Waals surface area contributed by atoms with Gasteiger partial charge in [-0.15, -0.1) is 12.4 Å². The van der Waals surface area contributed by atoms with Crippen molar-refractivity contribution in [1.29, 1.82) is 0 Å². The van der Waals surface area contributed by atoms with E-state index in [4.69, 9.17) is 10.8 Å². The minimum atomic E-state index is -0.980. The van der Waals surface area contributed by atoms with E-state index in [2.05, 4.69) is 4.98 Å². The zero-order valence-corrected chi connectivity index (χ0v) is 7.49. The van der Waals surface area contributed by atoms with Crippen LogP contribution in [0.3, 0.4) is 0 Å². The molecule has 0 spiro atoms. The molecule has 1 aromatic rings. The normalized spacial score (nSPS) is 9.54. The Labute approximate surface area is 81.5 Å². The fourth-order valence-electron chi connectivity index (χ4n) is 0.683. The fourth-order valence-corrected chi connectivity index (χ4v) is 0.683. The topological polar surface area (TPSA) is 76.2 Å². The lowest BCUT2D eigenvalue weighted by molar-refractivity contribution is -0.131. The Morgan fingerprint density at radius 2 is 2.23 bits per heavy atom. The van der Waals surface area contributed by atoms with E-state index < -0.39 is 5.97 Å². The van der Waals surface area contributed by atoms with Crippen LogP contribution >= 0.6 is 12.4 Å². The summed E-state index contributed by atoms with van der Waals surface area (Å²) in [6, 6.07) is 3.31. The second-order valence-corrected chi connectivity index (χ2v) is 2.19. The van der Waals surface area contributed by atoms with Crippen LogP contribution in [-0.4, -0.2) is 16.1 Å². The summed E-state index contributed by atoms with van der Waals surface area (Å²) < 4.78 is 0. The standard InChI is InChI=1S/C8H8N2O2.ClH/c9-7-3-1-6(5-10-7)2-4-8(11)12;/h1-5H,(H2,9,10)(H,11,12);1H/b4-2+;. The van der Waals surface area contributed by atoms with E-state index in [1.165, 1.54) is 12.3 Å². The highest BCUT2D eigenvalue weighted by atomic mass is 35.5. The van der Waals surface area contributed by atoms with E-state index in [-0.39, 0.29) is 12.4 Å². The van der Waals surface area contributed by atoms with Crippen molar-refractivity contribution in [3.05, 3.63) is 30.0 Å². The van der Waals surface area contributed by atoms with Crippen molar-refractivity contribution < 1.29 is 9.90 Å². The molecule has 0 fully saturated rings. The van der Waals surface area contributed by atoms with Crippen LogP contribution in [0.5, 0.6) is 0 Å². The summed E-state index contributed by atoms with van der Waals surface area (Å²) >= 11 is 0. The molecule has 0 radical (unpaired) electrons. The maximum atomic E-state index is 10.1. The first kappa shape index (κ1) is 11.4. The highest BCUT2D eigenvalue weighted by Crippen LogP contribution is 2.02. The van der Waals surface area contributed by atoms with E-state index in [1.807, 2.05) is 0 Å². The molecule has 0 atom stereocenters. The largest absolute Gasteiger partial charge is 0.478 e. The minimum absolute atomic E-state index is 0. The van der Waals surface area contributed by atoms with Crippen molar-refractivity contribution in [1.82, 2.24) is 4.98 Å². The van der Waals surface area contributed by atoms with Gasteiger partial charge in [0, 0.05) is 12.3 Å². The van der Waals surface area contributed by atoms with Gasteiger partial charge in [-0.3, -0.25) is 0 Å². The average molecular weight is 201 g/mol. The number of nitrogens with two attached hydrogens (primary N) is 1. The minimum Gasteiger partial charge on any atom is -0.478 e. The summed E-state index contributed by atoms with van der Waals surface area (Å²) in [7, 11) is 0. The number of halogens is 1. The van der Waals surface area contributed by atoms with Crippen LogP contribution in [0.25, 0.3) is 6.08 Å². The van der Waals surface area contributed by atoms with Gasteiger partial charge < -0.3 is 10.8 Å². The molecule has 0 unspecified atom stereocenters. The Kier molecular flexibility index (Phi) is 4.54. The lowest BCUT2D eigenvalue weighted by atomic mass is 10.2. The molecule has 1 rings (SSSR count). The van der Waals surface area contributed by atoms with E-state index in [9.17, 15) is 4.79 Å². The number of pyridine rings is 1. The molecule has 0 saturated heterocycles. The van der Waals surface area contributed by atoms with Crippen LogP contribution in [0.1, 0.15) is 5.56 Å². The maximum Gasteiger partial charge on any atom is 0.328 e. The first-order chi connectivity index (χ1) is 5.68. The van der Waals surface area contributed by atoms with Gasteiger partial charge in [-0.05, 0) is 23.8 Å². The van der Waals surface area contributed by atoms with Crippen molar-refractivity contribution >= 4 is 30.3 Å². The molecular weight excluding hydrogens is 192 g/mol. The smallest absolute Gasteiger partial charge is 0.328 e. The number of anilines is 1. The summed E-state index contributed by atoms with van der Waals surface area (Å²) in [5.74, 6) is -0.561. The van der Waals surface area contributed by atoms with Gasteiger partial charge in [-0.25, -0.2) is 9.78 Å². The second-order valence-electron chi connectivity index (χ2n) is 2.19. The van der Waals surface area contributed by atoms with Crippen molar-refractivity contribution in [2.75, 3.05) is 5.73 Å². The molecule has 0 amide bonds. The number of aliphatic carboxylic acids is 1. The summed E-state index contributed by atoms with van der Waals surface area (Å²) in [4.78, 5) is 13.9. The third kappa shape index (κ3) is 4.12. The first-order valence-electron chi connectivity index (χ1n) is 3.31. The van der Waals surface area contributed by atoms with Gasteiger partial charge >= 0.3 is 5.97 Å². The molecule has 70 valence electrons. The van der Waals surface area contributed by atoms with Crippen LogP contribution in [0, 0.1) is 0 Å². The van der Waals surface area contributed by atoms with Crippen LogP contribution in [0.4, 0.5) is 5.82 Å². The predicted octanol–water partition coefficient (Wildman–Crippen LogP) is 1.18. The zero-order valence-electron chi connectivity index (χ0n) is 6.68. The van der Waals surface area contributed by atoms with Crippen LogP contribution in [0.2, 0.25) is 0 Å². The van der Waals surface area contributed by atoms with E-state index >= 15 is 0 Å². The molecule has 0 bridgehead atoms. The number of hydrogen-bond acceptors (Lipinski definition) is 3. The number of rotatable bonds is 2. The average Bonchev–Trinajstić information content (AvgIpc) is 2.03. The van der Waals surface area contributed by atoms with Gasteiger partial charge in [0.25, 0.3) is 0 Å². The van der Waals surface area contributed by atoms with Gasteiger partial charge in [0.05, 0.1) is 0 Å². The number of hydrogen-bond donors (Lipinski definition) is 2. The molecule has 0 aliphatic carbocycles. The number of carbonyl (C=O) groups is 1. The third-order valence-electron chi connectivity index (χ3n) is 1.23. The maximum absolute atomic E-state index is 10.1. The quantitative estimate of drug-likeness (QED) is 0.703. The molecule has 1 aromatic heterocycles. The number of carboxylic acids is 1. The summed E-state index contributed by atoms with van der Waals surface area (Å²) in [6.07, 6.45) is 4.01. The zero-order chi connectivity index (χ0) is 8.97. The van der Waals surface area contributed by atoms with Crippen molar-refractivity contribution in [3.8, 4) is 0 Å². The Hall–Kier alpha value is -1.55. The molecule has 1 heterocycles. The highest BCUT2D eigenvalue weighted by molar-refractivity contribution is 5.85. The van der Waals surface area contributed by atoms with Crippen molar-refractivity contribution in [2.24, 2.45) is 0 Å². The molecule has 0 aromatic carbocycles. The summed E-state index contributed by atoms with van der Waals surface area (Å²) in [6.45, 7) is 0. The third-order valence-corrected chi connectivity index (χ3v) is 1.23. The number of nitrogen functional groups attached to an aromatic ring is 1. The fraction of sp³-hybridized carbons (Fsp3) is 0. The molecule has 5 heteroatoms. The molecule has 0 aliphatic rings. The monoisotopic (exact) mass is 200 g/mol. The number of aromatic nitrogens is 1. The van der Waals surface area contributed by atoms with Gasteiger partial charge in [0.1, 0.15) is 5.82 Å². The van der Waals surface area contributed by atoms with Gasteiger partial charge in [0.15, 0.2) is 0 Å². The van der Waals surface area contributed by atoms with Crippen LogP contribution in [0.15, 0.2) is 24.4 Å². The molecule has 3 N–H and O–H groups in total. The van der Waals surface area contributed by atoms with E-state index in [1.54, 1.807) is 12.1 Å². The molecule has 13 heavy (non-hydrogen) atoms. The summed E-state index contributed by atoms with van der Waals surface area (Å²) in [5.41, 5.74) is 6.05. The van der Waals surface area contributed by atoms with Gasteiger partial charge in [-0.2, -0.15) is 0 Å². The number of carboxylic acid groups (broad SMARTS) is 1. The van der Waals surface area contributed by atoms with E-state index in [0.717, 1.165) is 6.08 Å². The van der Waals surface area contributed by atoms with Gasteiger partial charge in [-0.1, -0.05) is 0 Å². The molecular formula is C8H9ClN2O2. The Balaban J connectivity index is 0.00000144. The lowest BCUT2D eigenvalue weighted by Crippen LogP contribution is -1.89. The van der Waals surface area contributed by atoms with Crippen molar-refractivity contribution in [3.63, 3.8) is 0 Å².